The lowest BCUT2D eigenvalue weighted by Gasteiger charge is -2.32. The Balaban J connectivity index is 1.79. The third kappa shape index (κ3) is 3.69. The number of fused-ring (bicyclic) bond motifs is 1. The Morgan fingerprint density at radius 2 is 1.36 bits per heavy atom. The maximum atomic E-state index is 6.15. The van der Waals surface area contributed by atoms with Crippen molar-refractivity contribution in [3.8, 4) is 11.8 Å². The molecule has 0 fully saturated rings. The molecule has 0 N–H and O–H groups in total. The molecule has 0 amide bonds. The minimum absolute atomic E-state index is 0.0474. The van der Waals surface area contributed by atoms with E-state index in [-0.39, 0.29) is 6.17 Å². The van der Waals surface area contributed by atoms with Crippen molar-refractivity contribution in [2.24, 2.45) is 0 Å². The van der Waals surface area contributed by atoms with Crippen molar-refractivity contribution in [1.82, 2.24) is 0 Å². The van der Waals surface area contributed by atoms with Gasteiger partial charge in [-0.15, -0.1) is 5.92 Å². The van der Waals surface area contributed by atoms with Crippen molar-refractivity contribution in [3.63, 3.8) is 0 Å². The Hall–Kier alpha value is -2.60. The van der Waals surface area contributed by atoms with Gasteiger partial charge in [0.2, 0.25) is 0 Å². The molecular weight excluding hydrogens is 387 g/mol. The molecule has 3 aromatic carbocycles. The standard InChI is InChI=1S/C24H20Cl2N2/c1-2-3-16-27-22-6-4-5-7-23(22)28(17-18-8-12-20(25)13-9-18)24(27)19-10-14-21(26)15-11-19/h4-15,24H,16-17H2,1H3. The van der Waals surface area contributed by atoms with Crippen LogP contribution < -0.4 is 9.80 Å². The Labute approximate surface area is 176 Å². The molecule has 1 unspecified atom stereocenters. The van der Waals surface area contributed by atoms with Crippen LogP contribution in [0, 0.1) is 11.8 Å². The van der Waals surface area contributed by atoms with E-state index in [4.69, 9.17) is 23.2 Å². The van der Waals surface area contributed by atoms with E-state index >= 15 is 0 Å². The third-order valence-electron chi connectivity index (χ3n) is 4.95. The molecule has 1 aliphatic rings. The molecule has 1 aliphatic heterocycles. The van der Waals surface area contributed by atoms with Crippen molar-refractivity contribution in [2.75, 3.05) is 16.3 Å². The Morgan fingerprint density at radius 1 is 0.786 bits per heavy atom. The van der Waals surface area contributed by atoms with Crippen LogP contribution in [0.4, 0.5) is 11.4 Å². The van der Waals surface area contributed by atoms with Crippen LogP contribution in [0.2, 0.25) is 10.0 Å². The van der Waals surface area contributed by atoms with Crippen molar-refractivity contribution >= 4 is 34.6 Å². The Kier molecular flexibility index (Phi) is 5.48. The first-order valence-corrected chi connectivity index (χ1v) is 9.95. The predicted molar refractivity (Wildman–Crippen MR) is 119 cm³/mol. The van der Waals surface area contributed by atoms with E-state index in [0.29, 0.717) is 6.54 Å². The number of benzene rings is 3. The van der Waals surface area contributed by atoms with Crippen LogP contribution in [0.5, 0.6) is 0 Å². The van der Waals surface area contributed by atoms with Gasteiger partial charge in [0, 0.05) is 16.6 Å². The third-order valence-corrected chi connectivity index (χ3v) is 5.46. The Morgan fingerprint density at radius 3 is 1.96 bits per heavy atom. The molecular formula is C24H20Cl2N2. The fourth-order valence-corrected chi connectivity index (χ4v) is 3.92. The summed E-state index contributed by atoms with van der Waals surface area (Å²) in [6, 6.07) is 24.6. The van der Waals surface area contributed by atoms with Gasteiger partial charge in [0.1, 0.15) is 6.17 Å². The molecule has 0 bridgehead atoms. The lowest BCUT2D eigenvalue weighted by molar-refractivity contribution is 0.629. The molecule has 0 spiro atoms. The molecule has 0 saturated carbocycles. The molecule has 2 nitrogen and oxygen atoms in total. The van der Waals surface area contributed by atoms with Gasteiger partial charge >= 0.3 is 0 Å². The number of para-hydroxylation sites is 2. The summed E-state index contributed by atoms with van der Waals surface area (Å²) >= 11 is 12.2. The second-order valence-corrected chi connectivity index (χ2v) is 7.60. The van der Waals surface area contributed by atoms with E-state index in [1.807, 2.05) is 31.2 Å². The highest BCUT2D eigenvalue weighted by Gasteiger charge is 2.36. The average Bonchev–Trinajstić information content (AvgIpc) is 3.02. The quantitative estimate of drug-likeness (QED) is 0.453. The minimum atomic E-state index is 0.0474. The van der Waals surface area contributed by atoms with E-state index in [1.165, 1.54) is 22.5 Å². The van der Waals surface area contributed by atoms with Crippen LogP contribution in [0.25, 0.3) is 0 Å². The fourth-order valence-electron chi connectivity index (χ4n) is 3.67. The normalized spacial score (nSPS) is 15.2. The molecule has 1 heterocycles. The van der Waals surface area contributed by atoms with Crippen molar-refractivity contribution < 1.29 is 0 Å². The highest BCUT2D eigenvalue weighted by Crippen LogP contribution is 2.46. The van der Waals surface area contributed by atoms with E-state index in [0.717, 1.165) is 16.6 Å². The minimum Gasteiger partial charge on any atom is -0.341 e. The summed E-state index contributed by atoms with van der Waals surface area (Å²) in [5, 5.41) is 1.49. The number of rotatable bonds is 4. The second-order valence-electron chi connectivity index (χ2n) is 6.72. The summed E-state index contributed by atoms with van der Waals surface area (Å²) in [5.74, 6) is 6.27. The van der Waals surface area contributed by atoms with Gasteiger partial charge in [-0.2, -0.15) is 0 Å². The van der Waals surface area contributed by atoms with Gasteiger partial charge in [0.15, 0.2) is 0 Å². The fraction of sp³-hybridized carbons (Fsp3) is 0.167. The van der Waals surface area contributed by atoms with Crippen LogP contribution >= 0.6 is 23.2 Å². The summed E-state index contributed by atoms with van der Waals surface area (Å²) in [6.45, 7) is 3.32. The molecule has 1 atom stereocenters. The van der Waals surface area contributed by atoms with Crippen molar-refractivity contribution in [3.05, 3.63) is 94.0 Å². The van der Waals surface area contributed by atoms with Crippen LogP contribution in [-0.2, 0) is 6.54 Å². The highest BCUT2D eigenvalue weighted by molar-refractivity contribution is 6.30. The average molecular weight is 407 g/mol. The van der Waals surface area contributed by atoms with Crippen LogP contribution in [0.15, 0.2) is 72.8 Å². The monoisotopic (exact) mass is 406 g/mol. The lowest BCUT2D eigenvalue weighted by Crippen LogP contribution is -2.35. The predicted octanol–water partition coefficient (Wildman–Crippen LogP) is 6.54. The van der Waals surface area contributed by atoms with Crippen molar-refractivity contribution in [1.29, 1.82) is 0 Å². The molecule has 28 heavy (non-hydrogen) atoms. The zero-order chi connectivity index (χ0) is 19.5. The molecule has 0 radical (unpaired) electrons. The molecule has 0 aromatic heterocycles. The molecule has 0 saturated heterocycles. The van der Waals surface area contributed by atoms with Crippen LogP contribution in [0.3, 0.4) is 0 Å². The van der Waals surface area contributed by atoms with E-state index < -0.39 is 0 Å². The first kappa shape index (κ1) is 18.7. The summed E-state index contributed by atoms with van der Waals surface area (Å²) in [7, 11) is 0. The van der Waals surface area contributed by atoms with Gasteiger partial charge in [-0.3, -0.25) is 0 Å². The van der Waals surface area contributed by atoms with Crippen LogP contribution in [0.1, 0.15) is 24.2 Å². The SMILES string of the molecule is CC#CCN1c2ccccc2N(Cc2ccc(Cl)cc2)C1c1ccc(Cl)cc1. The first-order chi connectivity index (χ1) is 13.7. The molecule has 140 valence electrons. The summed E-state index contributed by atoms with van der Waals surface area (Å²) < 4.78 is 0. The smallest absolute Gasteiger partial charge is 0.129 e. The highest BCUT2D eigenvalue weighted by atomic mass is 35.5. The molecule has 4 heteroatoms. The summed E-state index contributed by atoms with van der Waals surface area (Å²) in [6.07, 6.45) is 0.0474. The van der Waals surface area contributed by atoms with Crippen molar-refractivity contribution in [2.45, 2.75) is 19.6 Å². The Bertz CT molecular complexity index is 1020. The van der Waals surface area contributed by atoms with Gasteiger partial charge in [-0.1, -0.05) is 65.5 Å². The second kappa shape index (κ2) is 8.19. The first-order valence-electron chi connectivity index (χ1n) is 9.19. The van der Waals surface area contributed by atoms with E-state index in [9.17, 15) is 0 Å². The number of anilines is 2. The summed E-state index contributed by atoms with van der Waals surface area (Å²) in [4.78, 5) is 4.77. The maximum absolute atomic E-state index is 6.15. The summed E-state index contributed by atoms with van der Waals surface area (Å²) in [5.41, 5.74) is 4.79. The number of halogens is 2. The lowest BCUT2D eigenvalue weighted by atomic mass is 10.1. The number of hydrogen-bond donors (Lipinski definition) is 0. The zero-order valence-electron chi connectivity index (χ0n) is 15.6. The van der Waals surface area contributed by atoms with Gasteiger partial charge in [0.05, 0.1) is 17.9 Å². The zero-order valence-corrected chi connectivity index (χ0v) is 17.1. The molecule has 4 rings (SSSR count). The van der Waals surface area contributed by atoms with Gasteiger partial charge in [0.25, 0.3) is 0 Å². The van der Waals surface area contributed by atoms with Gasteiger partial charge in [-0.25, -0.2) is 0 Å². The van der Waals surface area contributed by atoms with E-state index in [2.05, 4.69) is 70.2 Å². The topological polar surface area (TPSA) is 6.48 Å². The van der Waals surface area contributed by atoms with E-state index in [1.54, 1.807) is 0 Å². The van der Waals surface area contributed by atoms with Gasteiger partial charge in [-0.05, 0) is 54.4 Å². The largest absolute Gasteiger partial charge is 0.341 e. The molecule has 0 aliphatic carbocycles. The number of hydrogen-bond acceptors (Lipinski definition) is 2. The number of nitrogens with zero attached hydrogens (tertiary/aromatic N) is 2. The van der Waals surface area contributed by atoms with Gasteiger partial charge < -0.3 is 9.80 Å². The maximum Gasteiger partial charge on any atom is 0.129 e. The molecule has 3 aromatic rings. The van der Waals surface area contributed by atoms with Crippen LogP contribution in [-0.4, -0.2) is 6.54 Å².